The summed E-state index contributed by atoms with van der Waals surface area (Å²) in [6, 6.07) is 8.63. The third-order valence-electron chi connectivity index (χ3n) is 3.52. The van der Waals surface area contributed by atoms with Crippen LogP contribution in [0.2, 0.25) is 0 Å². The summed E-state index contributed by atoms with van der Waals surface area (Å²) < 4.78 is 5.83. The van der Waals surface area contributed by atoms with Crippen molar-refractivity contribution in [2.45, 2.75) is 31.8 Å². The standard InChI is InChI=1S/C14H22N2O/c1-16-9-3-2-4-13(16)11-17-14-7-5-12(10-15)6-8-14/h5-8,13H,2-4,9-11,15H2,1H3. The van der Waals surface area contributed by atoms with E-state index in [1.54, 1.807) is 0 Å². The van der Waals surface area contributed by atoms with Crippen LogP contribution in [0.1, 0.15) is 24.8 Å². The van der Waals surface area contributed by atoms with Gasteiger partial charge < -0.3 is 15.4 Å². The number of piperidine rings is 1. The Hall–Kier alpha value is -1.06. The molecule has 3 heteroatoms. The van der Waals surface area contributed by atoms with E-state index >= 15 is 0 Å². The Morgan fingerprint density at radius 1 is 1.29 bits per heavy atom. The topological polar surface area (TPSA) is 38.5 Å². The summed E-state index contributed by atoms with van der Waals surface area (Å²) in [6.45, 7) is 2.57. The van der Waals surface area contributed by atoms with Crippen LogP contribution in [-0.4, -0.2) is 31.1 Å². The maximum atomic E-state index is 5.83. The number of likely N-dealkylation sites (N-methyl/N-ethyl adjacent to an activating group) is 1. The van der Waals surface area contributed by atoms with Crippen LogP contribution in [-0.2, 0) is 6.54 Å². The molecule has 2 rings (SSSR count). The first kappa shape index (κ1) is 12.4. The molecule has 1 heterocycles. The van der Waals surface area contributed by atoms with Crippen LogP contribution in [0.25, 0.3) is 0 Å². The van der Waals surface area contributed by atoms with Crippen molar-refractivity contribution in [3.8, 4) is 5.75 Å². The first-order valence-electron chi connectivity index (χ1n) is 6.41. The van der Waals surface area contributed by atoms with Gasteiger partial charge in [0.2, 0.25) is 0 Å². The van der Waals surface area contributed by atoms with Crippen molar-refractivity contribution in [1.29, 1.82) is 0 Å². The lowest BCUT2D eigenvalue weighted by molar-refractivity contribution is 0.125. The van der Waals surface area contributed by atoms with E-state index in [2.05, 4.69) is 11.9 Å². The fourth-order valence-electron chi connectivity index (χ4n) is 2.27. The van der Waals surface area contributed by atoms with Crippen molar-refractivity contribution in [2.24, 2.45) is 5.73 Å². The van der Waals surface area contributed by atoms with Gasteiger partial charge in [0.1, 0.15) is 12.4 Å². The number of benzene rings is 1. The first-order valence-corrected chi connectivity index (χ1v) is 6.41. The minimum absolute atomic E-state index is 0.568. The van der Waals surface area contributed by atoms with E-state index in [0.717, 1.165) is 17.9 Å². The van der Waals surface area contributed by atoms with Crippen LogP contribution in [0.5, 0.6) is 5.75 Å². The van der Waals surface area contributed by atoms with Crippen molar-refractivity contribution >= 4 is 0 Å². The second-order valence-electron chi connectivity index (χ2n) is 4.79. The highest BCUT2D eigenvalue weighted by atomic mass is 16.5. The smallest absolute Gasteiger partial charge is 0.119 e. The Kier molecular flexibility index (Phi) is 4.40. The molecular formula is C14H22N2O. The molecule has 0 amide bonds. The summed E-state index contributed by atoms with van der Waals surface area (Å²) >= 11 is 0. The van der Waals surface area contributed by atoms with Crippen molar-refractivity contribution in [3.05, 3.63) is 29.8 Å². The van der Waals surface area contributed by atoms with Gasteiger partial charge in [0.25, 0.3) is 0 Å². The molecule has 0 saturated carbocycles. The van der Waals surface area contributed by atoms with E-state index in [-0.39, 0.29) is 0 Å². The molecule has 2 N–H and O–H groups in total. The van der Waals surface area contributed by atoms with Gasteiger partial charge in [0, 0.05) is 12.6 Å². The summed E-state index contributed by atoms with van der Waals surface area (Å²) in [5.74, 6) is 0.946. The Morgan fingerprint density at radius 2 is 2.06 bits per heavy atom. The van der Waals surface area contributed by atoms with E-state index in [1.165, 1.54) is 25.8 Å². The highest BCUT2D eigenvalue weighted by Crippen LogP contribution is 2.17. The summed E-state index contributed by atoms with van der Waals surface area (Å²) in [4.78, 5) is 2.40. The maximum Gasteiger partial charge on any atom is 0.119 e. The van der Waals surface area contributed by atoms with Gasteiger partial charge in [-0.25, -0.2) is 0 Å². The monoisotopic (exact) mass is 234 g/mol. The van der Waals surface area contributed by atoms with Crippen LogP contribution in [0.15, 0.2) is 24.3 Å². The minimum atomic E-state index is 0.568. The van der Waals surface area contributed by atoms with Gasteiger partial charge in [-0.1, -0.05) is 18.6 Å². The average Bonchev–Trinajstić information content (AvgIpc) is 2.38. The summed E-state index contributed by atoms with van der Waals surface area (Å²) in [7, 11) is 2.19. The van der Waals surface area contributed by atoms with Crippen molar-refractivity contribution < 1.29 is 4.74 Å². The van der Waals surface area contributed by atoms with Crippen molar-refractivity contribution in [1.82, 2.24) is 4.90 Å². The van der Waals surface area contributed by atoms with E-state index < -0.39 is 0 Å². The number of hydrogen-bond acceptors (Lipinski definition) is 3. The predicted octanol–water partition coefficient (Wildman–Crippen LogP) is 2.01. The average molecular weight is 234 g/mol. The van der Waals surface area contributed by atoms with Gasteiger partial charge in [-0.15, -0.1) is 0 Å². The number of rotatable bonds is 4. The third-order valence-corrected chi connectivity index (χ3v) is 3.52. The molecule has 0 spiro atoms. The Labute approximate surface area is 104 Å². The maximum absolute atomic E-state index is 5.83. The molecule has 1 saturated heterocycles. The van der Waals surface area contributed by atoms with Gasteiger partial charge >= 0.3 is 0 Å². The number of nitrogens with zero attached hydrogens (tertiary/aromatic N) is 1. The normalized spacial score (nSPS) is 21.4. The second kappa shape index (κ2) is 6.03. The summed E-state index contributed by atoms with van der Waals surface area (Å²) in [6.07, 6.45) is 3.89. The highest BCUT2D eigenvalue weighted by Gasteiger charge is 2.19. The Balaban J connectivity index is 1.84. The molecule has 1 atom stereocenters. The highest BCUT2D eigenvalue weighted by molar-refractivity contribution is 5.27. The molecule has 0 bridgehead atoms. The van der Waals surface area contributed by atoms with Gasteiger partial charge in [-0.3, -0.25) is 0 Å². The van der Waals surface area contributed by atoms with Crippen LogP contribution in [0, 0.1) is 0 Å². The Bertz CT molecular complexity index is 337. The zero-order chi connectivity index (χ0) is 12.1. The lowest BCUT2D eigenvalue weighted by Crippen LogP contribution is -2.40. The summed E-state index contributed by atoms with van der Waals surface area (Å²) in [5.41, 5.74) is 6.71. The van der Waals surface area contributed by atoms with E-state index in [9.17, 15) is 0 Å². The fourth-order valence-corrected chi connectivity index (χ4v) is 2.27. The molecular weight excluding hydrogens is 212 g/mol. The molecule has 1 aliphatic heterocycles. The molecule has 1 aliphatic rings. The zero-order valence-corrected chi connectivity index (χ0v) is 10.6. The lowest BCUT2D eigenvalue weighted by atomic mass is 10.0. The Morgan fingerprint density at radius 3 is 2.71 bits per heavy atom. The molecule has 0 aliphatic carbocycles. The molecule has 1 aromatic carbocycles. The van der Waals surface area contributed by atoms with Gasteiger partial charge in [-0.05, 0) is 44.1 Å². The molecule has 0 aromatic heterocycles. The molecule has 0 radical (unpaired) electrons. The SMILES string of the molecule is CN1CCCCC1COc1ccc(CN)cc1. The van der Waals surface area contributed by atoms with Crippen LogP contribution in [0.4, 0.5) is 0 Å². The van der Waals surface area contributed by atoms with Crippen LogP contribution >= 0.6 is 0 Å². The molecule has 94 valence electrons. The fraction of sp³-hybridized carbons (Fsp3) is 0.571. The largest absolute Gasteiger partial charge is 0.492 e. The third kappa shape index (κ3) is 3.45. The number of nitrogens with two attached hydrogens (primary N) is 1. The van der Waals surface area contributed by atoms with Crippen LogP contribution < -0.4 is 10.5 Å². The predicted molar refractivity (Wildman–Crippen MR) is 70.1 cm³/mol. The van der Waals surface area contributed by atoms with E-state index in [0.29, 0.717) is 12.6 Å². The molecule has 1 unspecified atom stereocenters. The number of hydrogen-bond donors (Lipinski definition) is 1. The van der Waals surface area contributed by atoms with E-state index in [4.69, 9.17) is 10.5 Å². The number of likely N-dealkylation sites (tertiary alicyclic amines) is 1. The molecule has 17 heavy (non-hydrogen) atoms. The molecule has 1 fully saturated rings. The lowest BCUT2D eigenvalue weighted by Gasteiger charge is -2.32. The van der Waals surface area contributed by atoms with Gasteiger partial charge in [-0.2, -0.15) is 0 Å². The van der Waals surface area contributed by atoms with Gasteiger partial charge in [0.05, 0.1) is 0 Å². The zero-order valence-electron chi connectivity index (χ0n) is 10.6. The molecule has 1 aromatic rings. The molecule has 3 nitrogen and oxygen atoms in total. The van der Waals surface area contributed by atoms with E-state index in [1.807, 2.05) is 24.3 Å². The van der Waals surface area contributed by atoms with Crippen LogP contribution in [0.3, 0.4) is 0 Å². The number of ether oxygens (including phenoxy) is 1. The first-order chi connectivity index (χ1) is 8.29. The quantitative estimate of drug-likeness (QED) is 0.866. The summed E-state index contributed by atoms with van der Waals surface area (Å²) in [5, 5.41) is 0. The van der Waals surface area contributed by atoms with Crippen molar-refractivity contribution in [2.75, 3.05) is 20.2 Å². The minimum Gasteiger partial charge on any atom is -0.492 e. The second-order valence-corrected chi connectivity index (χ2v) is 4.79. The van der Waals surface area contributed by atoms with Gasteiger partial charge in [0.15, 0.2) is 0 Å². The van der Waals surface area contributed by atoms with Crippen molar-refractivity contribution in [3.63, 3.8) is 0 Å².